The van der Waals surface area contributed by atoms with Crippen molar-refractivity contribution in [2.75, 3.05) is 4.90 Å². The van der Waals surface area contributed by atoms with Gasteiger partial charge in [0.05, 0.1) is 5.69 Å². The zero-order valence-corrected chi connectivity index (χ0v) is 30.6. The maximum absolute atomic E-state index is 6.35. The molecule has 0 saturated heterocycles. The van der Waals surface area contributed by atoms with E-state index in [0.29, 0.717) is 0 Å². The second-order valence-corrected chi connectivity index (χ2v) is 14.4. The SMILES string of the molecule is c1ccc(-c2c(N(c3ccc(-c4cccc5ccccc45)cc3)c3cccc(-c4cccc5oc6ccccc6c45)c3)c3ccccc3c3ccccc23)cc1. The van der Waals surface area contributed by atoms with Crippen LogP contribution in [0.4, 0.5) is 17.1 Å². The van der Waals surface area contributed by atoms with Gasteiger partial charge in [0.2, 0.25) is 0 Å². The molecule has 1 aromatic heterocycles. The van der Waals surface area contributed by atoms with Gasteiger partial charge in [-0.3, -0.25) is 0 Å². The van der Waals surface area contributed by atoms with Crippen LogP contribution < -0.4 is 4.90 Å². The van der Waals surface area contributed by atoms with Crippen molar-refractivity contribution >= 4 is 71.3 Å². The largest absolute Gasteiger partial charge is 0.456 e. The lowest BCUT2D eigenvalue weighted by Crippen LogP contribution is -2.12. The molecule has 0 radical (unpaired) electrons. The normalized spacial score (nSPS) is 11.6. The summed E-state index contributed by atoms with van der Waals surface area (Å²) in [6.45, 7) is 0. The standard InChI is InChI=1S/C54H35NO/c1-2-16-38(17-3-1)52-47-24-8-6-22-45(47)46-23-7-9-25-48(46)54(52)55(40-33-31-37(32-34-40)43-27-13-18-36-15-4-5-21-42(36)43)41-20-12-19-39(35-41)44-28-14-30-51-53(44)49-26-10-11-29-50(49)56-51/h1-35H. The topological polar surface area (TPSA) is 16.4 Å². The predicted molar refractivity (Wildman–Crippen MR) is 237 cm³/mol. The molecule has 0 N–H and O–H groups in total. The van der Waals surface area contributed by atoms with Gasteiger partial charge in [0.15, 0.2) is 0 Å². The summed E-state index contributed by atoms with van der Waals surface area (Å²) in [5.74, 6) is 0. The van der Waals surface area contributed by atoms with Gasteiger partial charge in [0.25, 0.3) is 0 Å². The number of furan rings is 1. The maximum Gasteiger partial charge on any atom is 0.136 e. The van der Waals surface area contributed by atoms with Gasteiger partial charge in [-0.25, -0.2) is 0 Å². The first kappa shape index (κ1) is 32.0. The molecule has 0 saturated carbocycles. The molecule has 0 aliphatic rings. The molecule has 0 aliphatic heterocycles. The zero-order chi connectivity index (χ0) is 37.0. The Bertz CT molecular complexity index is 3240. The molecular weight excluding hydrogens is 679 g/mol. The minimum absolute atomic E-state index is 0.891. The van der Waals surface area contributed by atoms with Gasteiger partial charge in [0.1, 0.15) is 11.2 Å². The summed E-state index contributed by atoms with van der Waals surface area (Å²) < 4.78 is 6.35. The summed E-state index contributed by atoms with van der Waals surface area (Å²) in [5.41, 5.74) is 12.1. The summed E-state index contributed by atoms with van der Waals surface area (Å²) in [6, 6.07) is 76.6. The van der Waals surface area contributed by atoms with Gasteiger partial charge in [-0.05, 0) is 91.1 Å². The van der Waals surface area contributed by atoms with Crippen LogP contribution in [0, 0.1) is 0 Å². The quantitative estimate of drug-likeness (QED) is 0.160. The number of anilines is 3. The Morgan fingerprint density at radius 3 is 1.71 bits per heavy atom. The molecule has 0 unspecified atom stereocenters. The van der Waals surface area contributed by atoms with E-state index in [1.165, 1.54) is 54.6 Å². The summed E-state index contributed by atoms with van der Waals surface area (Å²) in [6.07, 6.45) is 0. The van der Waals surface area contributed by atoms with Gasteiger partial charge >= 0.3 is 0 Å². The molecule has 0 fully saturated rings. The Balaban J connectivity index is 1.20. The molecule has 0 bridgehead atoms. The van der Waals surface area contributed by atoms with Crippen LogP contribution in [0.2, 0.25) is 0 Å². The Labute approximate surface area is 325 Å². The van der Waals surface area contributed by atoms with E-state index in [0.717, 1.165) is 50.1 Å². The van der Waals surface area contributed by atoms with Gasteiger partial charge in [0, 0.05) is 33.1 Å². The Hall–Kier alpha value is -7.42. The molecule has 56 heavy (non-hydrogen) atoms. The molecule has 1 heterocycles. The van der Waals surface area contributed by atoms with E-state index in [9.17, 15) is 0 Å². The highest BCUT2D eigenvalue weighted by Crippen LogP contribution is 2.50. The molecule has 11 aromatic rings. The highest BCUT2D eigenvalue weighted by molar-refractivity contribution is 6.22. The molecule has 0 atom stereocenters. The number of para-hydroxylation sites is 1. The molecule has 11 rings (SSSR count). The van der Waals surface area contributed by atoms with E-state index < -0.39 is 0 Å². The van der Waals surface area contributed by atoms with Gasteiger partial charge in [-0.2, -0.15) is 0 Å². The molecule has 10 aromatic carbocycles. The summed E-state index contributed by atoms with van der Waals surface area (Å²) in [7, 11) is 0. The average molecular weight is 714 g/mol. The van der Waals surface area contributed by atoms with Gasteiger partial charge in [-0.15, -0.1) is 0 Å². The van der Waals surface area contributed by atoms with E-state index in [2.05, 4.69) is 211 Å². The minimum atomic E-state index is 0.891. The number of hydrogen-bond acceptors (Lipinski definition) is 2. The van der Waals surface area contributed by atoms with Crippen LogP contribution in [0.5, 0.6) is 0 Å². The smallest absolute Gasteiger partial charge is 0.136 e. The van der Waals surface area contributed by atoms with Crippen molar-refractivity contribution in [1.82, 2.24) is 0 Å². The monoisotopic (exact) mass is 713 g/mol. The summed E-state index contributed by atoms with van der Waals surface area (Å²) in [5, 5.41) is 9.61. The van der Waals surface area contributed by atoms with Crippen LogP contribution in [-0.2, 0) is 0 Å². The number of benzene rings is 10. The maximum atomic E-state index is 6.35. The number of rotatable bonds is 6. The summed E-state index contributed by atoms with van der Waals surface area (Å²) >= 11 is 0. The van der Waals surface area contributed by atoms with Crippen LogP contribution >= 0.6 is 0 Å². The molecule has 0 spiro atoms. The first-order valence-corrected chi connectivity index (χ1v) is 19.2. The van der Waals surface area contributed by atoms with Crippen LogP contribution in [0.15, 0.2) is 217 Å². The molecule has 2 heteroatoms. The number of nitrogens with zero attached hydrogens (tertiary/aromatic N) is 1. The average Bonchev–Trinajstić information content (AvgIpc) is 3.66. The number of fused-ring (bicyclic) bond motifs is 7. The third-order valence-corrected chi connectivity index (χ3v) is 11.2. The lowest BCUT2D eigenvalue weighted by molar-refractivity contribution is 0.669. The van der Waals surface area contributed by atoms with E-state index in [4.69, 9.17) is 4.42 Å². The van der Waals surface area contributed by atoms with Crippen LogP contribution in [0.1, 0.15) is 0 Å². The van der Waals surface area contributed by atoms with E-state index in [-0.39, 0.29) is 0 Å². The van der Waals surface area contributed by atoms with Crippen molar-refractivity contribution in [1.29, 1.82) is 0 Å². The Morgan fingerprint density at radius 1 is 0.321 bits per heavy atom. The van der Waals surface area contributed by atoms with Crippen molar-refractivity contribution in [3.05, 3.63) is 212 Å². The zero-order valence-electron chi connectivity index (χ0n) is 30.6. The second-order valence-electron chi connectivity index (χ2n) is 14.4. The van der Waals surface area contributed by atoms with E-state index >= 15 is 0 Å². The minimum Gasteiger partial charge on any atom is -0.456 e. The van der Waals surface area contributed by atoms with Crippen molar-refractivity contribution in [2.45, 2.75) is 0 Å². The van der Waals surface area contributed by atoms with E-state index in [1.54, 1.807) is 0 Å². The molecule has 0 aliphatic carbocycles. The molecule has 262 valence electrons. The lowest BCUT2D eigenvalue weighted by atomic mass is 9.89. The Morgan fingerprint density at radius 2 is 0.893 bits per heavy atom. The first-order chi connectivity index (χ1) is 27.8. The van der Waals surface area contributed by atoms with Crippen molar-refractivity contribution in [3.63, 3.8) is 0 Å². The van der Waals surface area contributed by atoms with Gasteiger partial charge < -0.3 is 9.32 Å². The second kappa shape index (κ2) is 13.2. The van der Waals surface area contributed by atoms with Crippen LogP contribution in [0.25, 0.3) is 87.6 Å². The summed E-state index contributed by atoms with van der Waals surface area (Å²) in [4.78, 5) is 2.47. The third kappa shape index (κ3) is 5.19. The Kier molecular flexibility index (Phi) is 7.53. The van der Waals surface area contributed by atoms with Crippen molar-refractivity contribution in [3.8, 4) is 33.4 Å². The fourth-order valence-electron chi connectivity index (χ4n) is 8.75. The first-order valence-electron chi connectivity index (χ1n) is 19.2. The highest BCUT2D eigenvalue weighted by atomic mass is 16.3. The predicted octanol–water partition coefficient (Wildman–Crippen LogP) is 15.5. The third-order valence-electron chi connectivity index (χ3n) is 11.2. The highest BCUT2D eigenvalue weighted by Gasteiger charge is 2.24. The van der Waals surface area contributed by atoms with Crippen LogP contribution in [0.3, 0.4) is 0 Å². The number of hydrogen-bond donors (Lipinski definition) is 0. The fourth-order valence-corrected chi connectivity index (χ4v) is 8.75. The molecular formula is C54H35NO. The molecule has 0 amide bonds. The fraction of sp³-hybridized carbons (Fsp3) is 0. The van der Waals surface area contributed by atoms with Gasteiger partial charge in [-0.1, -0.05) is 176 Å². The van der Waals surface area contributed by atoms with E-state index in [1.807, 2.05) is 6.07 Å². The van der Waals surface area contributed by atoms with Crippen LogP contribution in [-0.4, -0.2) is 0 Å². The van der Waals surface area contributed by atoms with Crippen molar-refractivity contribution < 1.29 is 4.42 Å². The molecule has 2 nitrogen and oxygen atoms in total. The lowest BCUT2D eigenvalue weighted by Gasteiger charge is -2.31. The van der Waals surface area contributed by atoms with Crippen molar-refractivity contribution in [2.24, 2.45) is 0 Å².